The zero-order chi connectivity index (χ0) is 23.2. The Morgan fingerprint density at radius 3 is 1.18 bits per heavy atom. The second kappa shape index (κ2) is 10.4. The summed E-state index contributed by atoms with van der Waals surface area (Å²) in [6, 6.07) is 29.9. The molecule has 0 aliphatic rings. The van der Waals surface area contributed by atoms with Crippen molar-refractivity contribution in [3.8, 4) is 22.3 Å². The van der Waals surface area contributed by atoms with Crippen molar-refractivity contribution in [1.82, 2.24) is 0 Å². The molecular weight excluding hydrogens is 400 g/mol. The van der Waals surface area contributed by atoms with Gasteiger partial charge >= 0.3 is 0 Å². The normalized spacial score (nSPS) is 11.0. The Bertz CT molecular complexity index is 1110. The quantitative estimate of drug-likeness (QED) is 0.220. The lowest BCUT2D eigenvalue weighted by Gasteiger charge is -2.11. The van der Waals surface area contributed by atoms with Crippen molar-refractivity contribution in [2.75, 3.05) is 11.5 Å². The van der Waals surface area contributed by atoms with Gasteiger partial charge in [0.25, 0.3) is 0 Å². The lowest BCUT2D eigenvalue weighted by Crippen LogP contribution is -1.94. The van der Waals surface area contributed by atoms with Crippen LogP contribution in [-0.2, 0) is 12.8 Å². The van der Waals surface area contributed by atoms with Crippen molar-refractivity contribution in [2.24, 2.45) is 0 Å². The van der Waals surface area contributed by atoms with Crippen LogP contribution in [0.1, 0.15) is 41.5 Å². The third-order valence-corrected chi connectivity index (χ3v) is 6.57. The van der Waals surface area contributed by atoms with E-state index in [2.05, 4.69) is 74.5 Å². The van der Waals surface area contributed by atoms with E-state index in [0.717, 1.165) is 24.2 Å². The van der Waals surface area contributed by atoms with E-state index in [1.54, 1.807) is 0 Å². The fourth-order valence-electron chi connectivity index (χ4n) is 4.47. The van der Waals surface area contributed by atoms with Crippen LogP contribution in [0.5, 0.6) is 0 Å². The van der Waals surface area contributed by atoms with Crippen molar-refractivity contribution in [3.05, 3.63) is 107 Å². The number of hydrogen-bond donors (Lipinski definition) is 2. The molecule has 0 spiro atoms. The summed E-state index contributed by atoms with van der Waals surface area (Å²) >= 11 is 0. The second-order valence-electron chi connectivity index (χ2n) is 9.09. The average Bonchev–Trinajstić information content (AvgIpc) is 2.81. The highest BCUT2D eigenvalue weighted by Gasteiger charge is 2.05. The number of rotatable bonds is 8. The fraction of sp³-hybridized carbons (Fsp3) is 0.226. The first-order chi connectivity index (χ1) is 16.0. The number of benzene rings is 4. The molecule has 0 aliphatic carbocycles. The summed E-state index contributed by atoms with van der Waals surface area (Å²) in [5.41, 5.74) is 23.9. The second-order valence-corrected chi connectivity index (χ2v) is 9.09. The van der Waals surface area contributed by atoms with Gasteiger partial charge in [-0.15, -0.1) is 0 Å². The van der Waals surface area contributed by atoms with Crippen LogP contribution in [0.2, 0.25) is 0 Å². The average molecular weight is 435 g/mol. The molecule has 0 amide bonds. The summed E-state index contributed by atoms with van der Waals surface area (Å²) in [7, 11) is 0. The highest BCUT2D eigenvalue weighted by Crippen LogP contribution is 2.26. The summed E-state index contributed by atoms with van der Waals surface area (Å²) in [6.45, 7) is 4.45. The third kappa shape index (κ3) is 5.84. The molecule has 2 heteroatoms. The monoisotopic (exact) mass is 434 g/mol. The van der Waals surface area contributed by atoms with E-state index < -0.39 is 0 Å². The molecule has 0 heterocycles. The van der Waals surface area contributed by atoms with Gasteiger partial charge in [0, 0.05) is 11.4 Å². The Balaban J connectivity index is 1.27. The topological polar surface area (TPSA) is 52.0 Å². The molecular formula is C31H34N2. The van der Waals surface area contributed by atoms with Crippen LogP contribution in [0.4, 0.5) is 11.4 Å². The van der Waals surface area contributed by atoms with Gasteiger partial charge in [-0.3, -0.25) is 0 Å². The number of nitrogen functional groups attached to an aromatic ring is 2. The van der Waals surface area contributed by atoms with Crippen molar-refractivity contribution in [3.63, 3.8) is 0 Å². The first-order valence-electron chi connectivity index (χ1n) is 11.9. The van der Waals surface area contributed by atoms with E-state index in [-0.39, 0.29) is 0 Å². The van der Waals surface area contributed by atoms with Gasteiger partial charge in [0.15, 0.2) is 0 Å². The number of unbranched alkanes of at least 4 members (excludes halogenated alkanes) is 2. The summed E-state index contributed by atoms with van der Waals surface area (Å²) in [6.07, 6.45) is 5.99. The van der Waals surface area contributed by atoms with Crippen molar-refractivity contribution in [2.45, 2.75) is 46.0 Å². The molecule has 0 fully saturated rings. The number of anilines is 2. The van der Waals surface area contributed by atoms with E-state index in [0.29, 0.717) is 0 Å². The highest BCUT2D eigenvalue weighted by molar-refractivity contribution is 5.67. The summed E-state index contributed by atoms with van der Waals surface area (Å²) in [5, 5.41) is 0. The maximum Gasteiger partial charge on any atom is 0.0314 e. The van der Waals surface area contributed by atoms with Crippen LogP contribution in [-0.4, -0.2) is 0 Å². The SMILES string of the molecule is Cc1cc(-c2ccc(N)cc2)ccc1CCCCCc1ccc(-c2ccc(N)cc2)cc1C. The van der Waals surface area contributed by atoms with Gasteiger partial charge in [0.05, 0.1) is 0 Å². The van der Waals surface area contributed by atoms with Crippen molar-refractivity contribution >= 4 is 11.4 Å². The molecule has 4 N–H and O–H groups in total. The van der Waals surface area contributed by atoms with Gasteiger partial charge in [-0.1, -0.05) is 67.1 Å². The molecule has 0 saturated carbocycles. The zero-order valence-corrected chi connectivity index (χ0v) is 19.8. The summed E-state index contributed by atoms with van der Waals surface area (Å²) < 4.78 is 0. The minimum atomic E-state index is 0.806. The molecule has 4 aromatic rings. The van der Waals surface area contributed by atoms with Gasteiger partial charge in [-0.25, -0.2) is 0 Å². The predicted molar refractivity (Wildman–Crippen MR) is 143 cm³/mol. The molecule has 4 rings (SSSR count). The molecule has 2 nitrogen and oxygen atoms in total. The van der Waals surface area contributed by atoms with E-state index in [1.807, 2.05) is 24.3 Å². The van der Waals surface area contributed by atoms with Crippen LogP contribution in [0.15, 0.2) is 84.9 Å². The first-order valence-corrected chi connectivity index (χ1v) is 11.9. The molecule has 168 valence electrons. The van der Waals surface area contributed by atoms with E-state index in [4.69, 9.17) is 11.5 Å². The van der Waals surface area contributed by atoms with Crippen LogP contribution >= 0.6 is 0 Å². The lowest BCUT2D eigenvalue weighted by atomic mass is 9.95. The lowest BCUT2D eigenvalue weighted by molar-refractivity contribution is 0.676. The van der Waals surface area contributed by atoms with Crippen molar-refractivity contribution < 1.29 is 0 Å². The Kier molecular flexibility index (Phi) is 7.14. The Morgan fingerprint density at radius 2 is 0.818 bits per heavy atom. The minimum absolute atomic E-state index is 0.806. The Hall–Kier alpha value is -3.52. The number of aryl methyl sites for hydroxylation is 4. The maximum atomic E-state index is 5.81. The van der Waals surface area contributed by atoms with Gasteiger partial charge in [-0.05, 0) is 108 Å². The van der Waals surface area contributed by atoms with Gasteiger partial charge in [0.1, 0.15) is 0 Å². The van der Waals surface area contributed by atoms with Gasteiger partial charge in [-0.2, -0.15) is 0 Å². The minimum Gasteiger partial charge on any atom is -0.399 e. The molecule has 0 saturated heterocycles. The van der Waals surface area contributed by atoms with Gasteiger partial charge in [0.2, 0.25) is 0 Å². The predicted octanol–water partition coefficient (Wildman–Crippen LogP) is 7.76. The van der Waals surface area contributed by atoms with E-state index >= 15 is 0 Å². The van der Waals surface area contributed by atoms with E-state index in [1.165, 1.54) is 63.8 Å². The van der Waals surface area contributed by atoms with Crippen LogP contribution < -0.4 is 11.5 Å². The van der Waals surface area contributed by atoms with Crippen LogP contribution in [0.25, 0.3) is 22.3 Å². The van der Waals surface area contributed by atoms with E-state index in [9.17, 15) is 0 Å². The summed E-state index contributed by atoms with van der Waals surface area (Å²) in [4.78, 5) is 0. The largest absolute Gasteiger partial charge is 0.399 e. The summed E-state index contributed by atoms with van der Waals surface area (Å²) in [5.74, 6) is 0. The third-order valence-electron chi connectivity index (χ3n) is 6.57. The highest BCUT2D eigenvalue weighted by atomic mass is 14.5. The number of nitrogens with two attached hydrogens (primary N) is 2. The Labute approximate surface area is 198 Å². The standard InChI is InChI=1S/C31H34N2/c1-22-20-28(26-12-16-30(32)17-13-26)10-8-24(22)6-4-3-5-7-25-9-11-29(21-23(25)2)27-14-18-31(33)19-15-27/h8-21H,3-7,32-33H2,1-2H3. The van der Waals surface area contributed by atoms with Crippen LogP contribution in [0, 0.1) is 13.8 Å². The molecule has 0 aliphatic heterocycles. The first kappa shape index (κ1) is 22.7. The maximum absolute atomic E-state index is 5.81. The van der Waals surface area contributed by atoms with Crippen LogP contribution in [0.3, 0.4) is 0 Å². The molecule has 0 unspecified atom stereocenters. The molecule has 0 radical (unpaired) electrons. The number of hydrogen-bond acceptors (Lipinski definition) is 2. The molecule has 0 bridgehead atoms. The molecule has 0 aromatic heterocycles. The van der Waals surface area contributed by atoms with Crippen molar-refractivity contribution in [1.29, 1.82) is 0 Å². The molecule has 0 atom stereocenters. The van der Waals surface area contributed by atoms with Gasteiger partial charge < -0.3 is 11.5 Å². The molecule has 4 aromatic carbocycles. The smallest absolute Gasteiger partial charge is 0.0314 e. The molecule has 33 heavy (non-hydrogen) atoms. The Morgan fingerprint density at radius 1 is 0.455 bits per heavy atom. The zero-order valence-electron chi connectivity index (χ0n) is 19.8. The fourth-order valence-corrected chi connectivity index (χ4v) is 4.47.